The van der Waals surface area contributed by atoms with E-state index in [-0.39, 0.29) is 24.8 Å². The molecule has 1 heterocycles. The molecule has 0 radical (unpaired) electrons. The van der Waals surface area contributed by atoms with Crippen LogP contribution in [-0.4, -0.2) is 6.54 Å². The van der Waals surface area contributed by atoms with Gasteiger partial charge < -0.3 is 11.1 Å². The molecule has 0 atom stereocenters. The van der Waals surface area contributed by atoms with E-state index in [1.807, 2.05) is 12.1 Å². The molecule has 1 aliphatic rings. The van der Waals surface area contributed by atoms with Crippen LogP contribution in [0.3, 0.4) is 0 Å². The molecule has 4 heteroatoms. The minimum atomic E-state index is 0. The molecular weight excluding hydrogens is 207 g/mol. The van der Waals surface area contributed by atoms with Crippen LogP contribution in [0.4, 0.5) is 11.4 Å². The lowest BCUT2D eigenvalue weighted by Crippen LogP contribution is -2.11. The summed E-state index contributed by atoms with van der Waals surface area (Å²) in [5, 5.41) is 3.32. The highest BCUT2D eigenvalue weighted by Gasteiger charge is 2.06. The summed E-state index contributed by atoms with van der Waals surface area (Å²) in [6, 6.07) is 6.08. The summed E-state index contributed by atoms with van der Waals surface area (Å²) >= 11 is 0. The smallest absolute Gasteiger partial charge is 0.0393 e. The van der Waals surface area contributed by atoms with Gasteiger partial charge >= 0.3 is 0 Å². The van der Waals surface area contributed by atoms with Crippen molar-refractivity contribution in [1.82, 2.24) is 0 Å². The number of nitrogen functional groups attached to an aromatic ring is 1. The lowest BCUT2D eigenvalue weighted by molar-refractivity contribution is 0.830. The van der Waals surface area contributed by atoms with E-state index in [0.29, 0.717) is 0 Å². The second kappa shape index (κ2) is 5.20. The standard InChI is InChI=1S/C9H12N2.2ClH/c10-8-4-3-7-2-1-5-11-9(7)6-8;;/h3-4,6,11H,1-2,5,10H2;2*1H. The Balaban J connectivity index is 0.000000720. The van der Waals surface area contributed by atoms with Gasteiger partial charge in [-0.25, -0.2) is 0 Å². The number of fused-ring (bicyclic) bond motifs is 1. The maximum absolute atomic E-state index is 5.64. The van der Waals surface area contributed by atoms with Crippen molar-refractivity contribution in [3.05, 3.63) is 23.8 Å². The first kappa shape index (κ1) is 12.4. The Morgan fingerprint density at radius 2 is 2.00 bits per heavy atom. The number of rotatable bonds is 0. The van der Waals surface area contributed by atoms with E-state index in [9.17, 15) is 0 Å². The van der Waals surface area contributed by atoms with Gasteiger partial charge in [0.25, 0.3) is 0 Å². The number of aryl methyl sites for hydroxylation is 1. The highest BCUT2D eigenvalue weighted by atomic mass is 35.5. The topological polar surface area (TPSA) is 38.0 Å². The van der Waals surface area contributed by atoms with Gasteiger partial charge in [0.1, 0.15) is 0 Å². The van der Waals surface area contributed by atoms with Crippen molar-refractivity contribution in [1.29, 1.82) is 0 Å². The van der Waals surface area contributed by atoms with Crippen LogP contribution in [0, 0.1) is 0 Å². The zero-order chi connectivity index (χ0) is 7.68. The molecule has 0 fully saturated rings. The molecular formula is C9H14Cl2N2. The lowest BCUT2D eigenvalue weighted by atomic mass is 10.0. The molecule has 0 bridgehead atoms. The van der Waals surface area contributed by atoms with Crippen molar-refractivity contribution >= 4 is 36.2 Å². The zero-order valence-corrected chi connectivity index (χ0v) is 8.88. The second-order valence-electron chi connectivity index (χ2n) is 2.95. The number of hydrogen-bond acceptors (Lipinski definition) is 2. The maximum Gasteiger partial charge on any atom is 0.0393 e. The third-order valence-electron chi connectivity index (χ3n) is 2.07. The predicted octanol–water partition coefficient (Wildman–Crippen LogP) is 2.47. The van der Waals surface area contributed by atoms with E-state index in [1.54, 1.807) is 0 Å². The second-order valence-corrected chi connectivity index (χ2v) is 2.95. The Morgan fingerprint density at radius 1 is 1.23 bits per heavy atom. The number of halogens is 2. The normalized spacial score (nSPS) is 12.9. The fraction of sp³-hybridized carbons (Fsp3) is 0.333. The minimum absolute atomic E-state index is 0. The Labute approximate surface area is 90.7 Å². The number of nitrogens with one attached hydrogen (secondary N) is 1. The monoisotopic (exact) mass is 220 g/mol. The van der Waals surface area contributed by atoms with Gasteiger partial charge in [0.05, 0.1) is 0 Å². The minimum Gasteiger partial charge on any atom is -0.399 e. The summed E-state index contributed by atoms with van der Waals surface area (Å²) in [6.45, 7) is 1.08. The first-order chi connectivity index (χ1) is 5.36. The fourth-order valence-electron chi connectivity index (χ4n) is 1.48. The Kier molecular flexibility index (Phi) is 4.96. The van der Waals surface area contributed by atoms with Crippen molar-refractivity contribution in [2.45, 2.75) is 12.8 Å². The van der Waals surface area contributed by atoms with Crippen LogP contribution in [0.1, 0.15) is 12.0 Å². The molecule has 2 rings (SSSR count). The van der Waals surface area contributed by atoms with Gasteiger partial charge in [0.15, 0.2) is 0 Å². The molecule has 2 nitrogen and oxygen atoms in total. The number of nitrogens with two attached hydrogens (primary N) is 1. The van der Waals surface area contributed by atoms with Crippen molar-refractivity contribution in [2.75, 3.05) is 17.6 Å². The first-order valence-corrected chi connectivity index (χ1v) is 3.98. The molecule has 1 aromatic rings. The van der Waals surface area contributed by atoms with Crippen molar-refractivity contribution in [3.8, 4) is 0 Å². The average molecular weight is 221 g/mol. The molecule has 0 spiro atoms. The SMILES string of the molecule is Cl.Cl.Nc1ccc2c(c1)NCCC2. The Bertz CT molecular complexity index is 276. The van der Waals surface area contributed by atoms with Crippen LogP contribution in [0.25, 0.3) is 0 Å². The molecule has 3 N–H and O–H groups in total. The van der Waals surface area contributed by atoms with Gasteiger partial charge in [0.2, 0.25) is 0 Å². The van der Waals surface area contributed by atoms with Gasteiger partial charge in [-0.1, -0.05) is 6.07 Å². The fourth-order valence-corrected chi connectivity index (χ4v) is 1.48. The van der Waals surface area contributed by atoms with Crippen LogP contribution < -0.4 is 11.1 Å². The van der Waals surface area contributed by atoms with E-state index in [4.69, 9.17) is 5.73 Å². The third-order valence-corrected chi connectivity index (χ3v) is 2.07. The third kappa shape index (κ3) is 2.68. The largest absolute Gasteiger partial charge is 0.399 e. The van der Waals surface area contributed by atoms with E-state index in [0.717, 1.165) is 12.2 Å². The highest BCUT2D eigenvalue weighted by Crippen LogP contribution is 2.23. The summed E-state index contributed by atoms with van der Waals surface area (Å²) in [6.07, 6.45) is 2.42. The summed E-state index contributed by atoms with van der Waals surface area (Å²) in [4.78, 5) is 0. The summed E-state index contributed by atoms with van der Waals surface area (Å²) in [7, 11) is 0. The quantitative estimate of drug-likeness (QED) is 0.660. The summed E-state index contributed by atoms with van der Waals surface area (Å²) < 4.78 is 0. The number of hydrogen-bond donors (Lipinski definition) is 2. The van der Waals surface area contributed by atoms with Crippen LogP contribution in [0.2, 0.25) is 0 Å². The predicted molar refractivity (Wildman–Crippen MR) is 62.2 cm³/mol. The molecule has 74 valence electrons. The van der Waals surface area contributed by atoms with Crippen molar-refractivity contribution < 1.29 is 0 Å². The van der Waals surface area contributed by atoms with Gasteiger partial charge in [-0.15, -0.1) is 24.8 Å². The van der Waals surface area contributed by atoms with Crippen LogP contribution in [-0.2, 0) is 6.42 Å². The summed E-state index contributed by atoms with van der Waals surface area (Å²) in [5.41, 5.74) is 9.10. The molecule has 0 amide bonds. The molecule has 1 aromatic carbocycles. The number of anilines is 2. The first-order valence-electron chi connectivity index (χ1n) is 3.98. The molecule has 0 unspecified atom stereocenters. The van der Waals surface area contributed by atoms with Crippen LogP contribution >= 0.6 is 24.8 Å². The molecule has 1 aliphatic heterocycles. The number of benzene rings is 1. The Morgan fingerprint density at radius 3 is 2.77 bits per heavy atom. The van der Waals surface area contributed by atoms with Crippen molar-refractivity contribution in [2.24, 2.45) is 0 Å². The molecule has 0 aromatic heterocycles. The maximum atomic E-state index is 5.64. The molecule has 13 heavy (non-hydrogen) atoms. The van der Waals surface area contributed by atoms with E-state index in [1.165, 1.54) is 24.1 Å². The zero-order valence-electron chi connectivity index (χ0n) is 7.25. The van der Waals surface area contributed by atoms with E-state index in [2.05, 4.69) is 11.4 Å². The molecule has 0 aliphatic carbocycles. The van der Waals surface area contributed by atoms with Crippen LogP contribution in [0.5, 0.6) is 0 Å². The van der Waals surface area contributed by atoms with Gasteiger partial charge in [-0.05, 0) is 30.5 Å². The molecule has 0 saturated carbocycles. The summed E-state index contributed by atoms with van der Waals surface area (Å²) in [5.74, 6) is 0. The Hall–Kier alpha value is -0.600. The van der Waals surface area contributed by atoms with E-state index >= 15 is 0 Å². The highest BCUT2D eigenvalue weighted by molar-refractivity contribution is 5.85. The van der Waals surface area contributed by atoms with Gasteiger partial charge in [0, 0.05) is 17.9 Å². The van der Waals surface area contributed by atoms with Crippen molar-refractivity contribution in [3.63, 3.8) is 0 Å². The van der Waals surface area contributed by atoms with E-state index < -0.39 is 0 Å². The molecule has 0 saturated heterocycles. The van der Waals surface area contributed by atoms with Gasteiger partial charge in [-0.2, -0.15) is 0 Å². The van der Waals surface area contributed by atoms with Gasteiger partial charge in [-0.3, -0.25) is 0 Å². The van der Waals surface area contributed by atoms with Crippen LogP contribution in [0.15, 0.2) is 18.2 Å². The lowest BCUT2D eigenvalue weighted by Gasteiger charge is -2.17. The average Bonchev–Trinajstić information content (AvgIpc) is 2.04.